The summed E-state index contributed by atoms with van der Waals surface area (Å²) >= 11 is 2.02. The van der Waals surface area contributed by atoms with E-state index < -0.39 is 0 Å². The number of fused-ring (bicyclic) bond motifs is 3. The fourth-order valence-corrected chi connectivity index (χ4v) is 11.2. The van der Waals surface area contributed by atoms with Crippen molar-refractivity contribution in [3.63, 3.8) is 0 Å². The lowest BCUT2D eigenvalue weighted by molar-refractivity contribution is 0.875. The standard InChI is InChI=1S/C50H34S/c1-4-29-10-12-33-14-20-39(41-22-16-31(6-1)47(29)49(33)41)37-9-3-8-35(26-37)36-18-24-45-43(27-36)44-28-38(19-25-46(44)51-45)40-21-15-34-13-11-30-5-2-7-32-17-23-42(40)50(34)48(30)32/h1,3-4,6-11,13-28,33,43,45H,2,5,12H2. The van der Waals surface area contributed by atoms with Gasteiger partial charge < -0.3 is 0 Å². The van der Waals surface area contributed by atoms with Crippen LogP contribution in [0.3, 0.4) is 0 Å². The highest BCUT2D eigenvalue weighted by atomic mass is 32.2. The van der Waals surface area contributed by atoms with Crippen LogP contribution in [0.2, 0.25) is 0 Å². The van der Waals surface area contributed by atoms with Crippen LogP contribution in [0.1, 0.15) is 52.5 Å². The van der Waals surface area contributed by atoms with Gasteiger partial charge in [-0.1, -0.05) is 134 Å². The number of rotatable bonds is 3. The van der Waals surface area contributed by atoms with Crippen LogP contribution >= 0.6 is 11.8 Å². The average molecular weight is 667 g/mol. The zero-order valence-corrected chi connectivity index (χ0v) is 29.0. The molecule has 7 aromatic carbocycles. The third kappa shape index (κ3) is 4.10. The number of hydrogen-bond donors (Lipinski definition) is 0. The van der Waals surface area contributed by atoms with Crippen molar-refractivity contribution in [2.45, 2.75) is 41.2 Å². The second-order valence-corrected chi connectivity index (χ2v) is 16.2. The maximum Gasteiger partial charge on any atom is 0.0381 e. The van der Waals surface area contributed by atoms with E-state index in [9.17, 15) is 0 Å². The van der Waals surface area contributed by atoms with Crippen molar-refractivity contribution in [3.05, 3.63) is 183 Å². The molecule has 0 fully saturated rings. The molecule has 240 valence electrons. The lowest BCUT2D eigenvalue weighted by atomic mass is 9.79. The van der Waals surface area contributed by atoms with Crippen molar-refractivity contribution >= 4 is 67.4 Å². The summed E-state index contributed by atoms with van der Waals surface area (Å²) in [5, 5.41) is 13.0. The molecule has 0 aromatic heterocycles. The van der Waals surface area contributed by atoms with Crippen LogP contribution in [-0.2, 0) is 6.42 Å². The SMILES string of the molecule is C1=CC2Sc3ccc(-c4ccc5ccc6c7c(ccc4c57)=CCC6)cc3C2C=C1c1cccc(C2=c3ccc4cccc5c4c3C(C=C2)CC=5)c1. The van der Waals surface area contributed by atoms with E-state index >= 15 is 0 Å². The fourth-order valence-electron chi connectivity index (χ4n) is 9.92. The molecular formula is C50H34S. The minimum absolute atomic E-state index is 0.353. The van der Waals surface area contributed by atoms with E-state index in [1.54, 1.807) is 0 Å². The molecule has 1 heteroatoms. The minimum Gasteiger partial charge on any atom is -0.117 e. The Kier molecular flexibility index (Phi) is 5.88. The van der Waals surface area contributed by atoms with Crippen LogP contribution in [0.15, 0.2) is 144 Å². The van der Waals surface area contributed by atoms with Gasteiger partial charge in [0.25, 0.3) is 0 Å². The molecule has 7 aromatic rings. The van der Waals surface area contributed by atoms with Gasteiger partial charge in [-0.05, 0) is 136 Å². The Morgan fingerprint density at radius 2 is 1.51 bits per heavy atom. The van der Waals surface area contributed by atoms with Gasteiger partial charge in [0.05, 0.1) is 0 Å². The maximum absolute atomic E-state index is 2.55. The second kappa shape index (κ2) is 10.6. The zero-order valence-electron chi connectivity index (χ0n) is 28.2. The highest BCUT2D eigenvalue weighted by Crippen LogP contribution is 2.51. The first-order valence-electron chi connectivity index (χ1n) is 18.5. The Bertz CT molecular complexity index is 2990. The molecule has 5 aliphatic rings. The van der Waals surface area contributed by atoms with Crippen molar-refractivity contribution in [1.29, 1.82) is 0 Å². The first-order valence-corrected chi connectivity index (χ1v) is 19.4. The molecule has 3 unspecified atom stereocenters. The summed E-state index contributed by atoms with van der Waals surface area (Å²) in [5.41, 5.74) is 12.4. The molecule has 0 nitrogen and oxygen atoms in total. The molecule has 1 heterocycles. The number of aryl methyl sites for hydroxylation is 1. The quantitative estimate of drug-likeness (QED) is 0.181. The highest BCUT2D eigenvalue weighted by molar-refractivity contribution is 8.00. The van der Waals surface area contributed by atoms with Gasteiger partial charge in [0.1, 0.15) is 0 Å². The molecule has 0 saturated heterocycles. The van der Waals surface area contributed by atoms with E-state index in [4.69, 9.17) is 0 Å². The summed E-state index contributed by atoms with van der Waals surface area (Å²) in [6.45, 7) is 0. The summed E-state index contributed by atoms with van der Waals surface area (Å²) in [7, 11) is 0. The van der Waals surface area contributed by atoms with Crippen LogP contribution in [0.5, 0.6) is 0 Å². The van der Waals surface area contributed by atoms with Crippen LogP contribution in [0.4, 0.5) is 0 Å². The van der Waals surface area contributed by atoms with Gasteiger partial charge in [-0.2, -0.15) is 0 Å². The summed E-state index contributed by atoms with van der Waals surface area (Å²) < 4.78 is 0. The van der Waals surface area contributed by atoms with Crippen LogP contribution in [0.25, 0.3) is 66.7 Å². The largest absolute Gasteiger partial charge is 0.117 e. The van der Waals surface area contributed by atoms with E-state index in [0.29, 0.717) is 17.1 Å². The van der Waals surface area contributed by atoms with Crippen molar-refractivity contribution in [2.75, 3.05) is 0 Å². The molecule has 0 N–H and O–H groups in total. The average Bonchev–Trinajstić information content (AvgIpc) is 3.56. The Balaban J connectivity index is 0.952. The van der Waals surface area contributed by atoms with Crippen LogP contribution < -0.4 is 15.7 Å². The smallest absolute Gasteiger partial charge is 0.0381 e. The lowest BCUT2D eigenvalue weighted by Crippen LogP contribution is -2.25. The van der Waals surface area contributed by atoms with Crippen molar-refractivity contribution in [3.8, 4) is 11.1 Å². The van der Waals surface area contributed by atoms with Gasteiger partial charge in [0, 0.05) is 22.0 Å². The summed E-state index contributed by atoms with van der Waals surface area (Å²) in [6, 6.07) is 42.0. The highest BCUT2D eigenvalue weighted by Gasteiger charge is 2.33. The number of allylic oxidation sites excluding steroid dienone is 5. The normalized spacial score (nSPS) is 20.7. The van der Waals surface area contributed by atoms with Crippen molar-refractivity contribution in [1.82, 2.24) is 0 Å². The van der Waals surface area contributed by atoms with Gasteiger partial charge in [0.15, 0.2) is 0 Å². The van der Waals surface area contributed by atoms with Gasteiger partial charge in [-0.3, -0.25) is 0 Å². The van der Waals surface area contributed by atoms with Crippen molar-refractivity contribution in [2.24, 2.45) is 0 Å². The van der Waals surface area contributed by atoms with Gasteiger partial charge in [-0.15, -0.1) is 11.8 Å². The van der Waals surface area contributed by atoms with Gasteiger partial charge in [-0.25, -0.2) is 0 Å². The third-order valence-corrected chi connectivity index (χ3v) is 13.7. The molecule has 0 amide bonds. The molecule has 12 rings (SSSR count). The Labute approximate surface area is 301 Å². The third-order valence-electron chi connectivity index (χ3n) is 12.3. The van der Waals surface area contributed by atoms with Gasteiger partial charge >= 0.3 is 0 Å². The predicted molar refractivity (Wildman–Crippen MR) is 218 cm³/mol. The molecular weight excluding hydrogens is 633 g/mol. The van der Waals surface area contributed by atoms with E-state index in [-0.39, 0.29) is 0 Å². The summed E-state index contributed by atoms with van der Waals surface area (Å²) in [6.07, 6.45) is 20.4. The molecule has 1 aliphatic heterocycles. The van der Waals surface area contributed by atoms with E-state index in [1.807, 2.05) is 11.8 Å². The monoisotopic (exact) mass is 666 g/mol. The van der Waals surface area contributed by atoms with E-state index in [0.717, 1.165) is 19.3 Å². The second-order valence-electron chi connectivity index (χ2n) is 15.0. The fraction of sp³-hybridized carbons (Fsp3) is 0.120. The Morgan fingerprint density at radius 3 is 2.51 bits per heavy atom. The van der Waals surface area contributed by atoms with E-state index in [1.165, 1.54) is 103 Å². The van der Waals surface area contributed by atoms with Crippen LogP contribution in [-0.4, -0.2) is 5.25 Å². The molecule has 4 aliphatic carbocycles. The first-order chi connectivity index (χ1) is 25.2. The molecule has 0 radical (unpaired) electrons. The topological polar surface area (TPSA) is 0 Å². The minimum atomic E-state index is 0.353. The van der Waals surface area contributed by atoms with Crippen molar-refractivity contribution < 1.29 is 0 Å². The molecule has 3 atom stereocenters. The zero-order chi connectivity index (χ0) is 33.2. The molecule has 0 bridgehead atoms. The number of thioether (sulfide) groups is 1. The first kappa shape index (κ1) is 28.3. The molecule has 51 heavy (non-hydrogen) atoms. The predicted octanol–water partition coefficient (Wildman–Crippen LogP) is 10.5. The maximum atomic E-state index is 2.55. The lowest BCUT2D eigenvalue weighted by Gasteiger charge is -2.25. The Hall–Kier alpha value is -5.37. The van der Waals surface area contributed by atoms with E-state index in [2.05, 4.69) is 152 Å². The van der Waals surface area contributed by atoms with Crippen LogP contribution in [0, 0.1) is 0 Å². The number of benzene rings is 7. The Morgan fingerprint density at radius 1 is 0.627 bits per heavy atom. The number of hydrogen-bond acceptors (Lipinski definition) is 1. The molecule has 0 saturated carbocycles. The van der Waals surface area contributed by atoms with Gasteiger partial charge in [0.2, 0.25) is 0 Å². The molecule has 0 spiro atoms. The summed E-state index contributed by atoms with van der Waals surface area (Å²) in [5.74, 6) is 0.811. The summed E-state index contributed by atoms with van der Waals surface area (Å²) in [4.78, 5) is 1.41.